The van der Waals surface area contributed by atoms with Crippen LogP contribution in [0.4, 0.5) is 0 Å². The lowest BCUT2D eigenvalue weighted by atomic mass is 9.71. The van der Waals surface area contributed by atoms with Crippen LogP contribution in [-0.4, -0.2) is 29.0 Å². The number of carbonyl (C=O) groups excluding carboxylic acids is 1. The molecule has 1 atom stereocenters. The van der Waals surface area contributed by atoms with Crippen molar-refractivity contribution >= 4 is 29.1 Å². The smallest absolute Gasteiger partial charge is 0.225 e. The average molecular weight is 384 g/mol. The SMILES string of the molecule is O=C(CC(O)(c1ccc(Cl)c(Cl)c1)C1CCCCC1)N1CCCCC1. The van der Waals surface area contributed by atoms with Gasteiger partial charge < -0.3 is 10.0 Å². The summed E-state index contributed by atoms with van der Waals surface area (Å²) in [5.74, 6) is 0.145. The first kappa shape index (κ1) is 19.0. The highest BCUT2D eigenvalue weighted by molar-refractivity contribution is 6.42. The van der Waals surface area contributed by atoms with Crippen molar-refractivity contribution < 1.29 is 9.90 Å². The number of hydrogen-bond donors (Lipinski definition) is 1. The minimum Gasteiger partial charge on any atom is -0.384 e. The van der Waals surface area contributed by atoms with E-state index in [1.165, 1.54) is 12.8 Å². The monoisotopic (exact) mass is 383 g/mol. The molecule has 0 radical (unpaired) electrons. The first-order chi connectivity index (χ1) is 12.0. The fraction of sp³-hybridized carbons (Fsp3) is 0.650. The van der Waals surface area contributed by atoms with Gasteiger partial charge in [0.2, 0.25) is 5.91 Å². The topological polar surface area (TPSA) is 40.5 Å². The molecule has 25 heavy (non-hydrogen) atoms. The van der Waals surface area contributed by atoms with Crippen LogP contribution in [0.25, 0.3) is 0 Å². The van der Waals surface area contributed by atoms with Gasteiger partial charge in [0.05, 0.1) is 16.5 Å². The van der Waals surface area contributed by atoms with Crippen LogP contribution < -0.4 is 0 Å². The maximum absolute atomic E-state index is 12.9. The van der Waals surface area contributed by atoms with Crippen molar-refractivity contribution in [2.45, 2.75) is 63.4 Å². The van der Waals surface area contributed by atoms with Gasteiger partial charge in [-0.15, -0.1) is 0 Å². The van der Waals surface area contributed by atoms with E-state index >= 15 is 0 Å². The second kappa shape index (κ2) is 8.28. The molecule has 1 saturated heterocycles. The van der Waals surface area contributed by atoms with Crippen molar-refractivity contribution in [2.75, 3.05) is 13.1 Å². The van der Waals surface area contributed by atoms with Crippen molar-refractivity contribution in [3.05, 3.63) is 33.8 Å². The van der Waals surface area contributed by atoms with E-state index in [1.54, 1.807) is 12.1 Å². The summed E-state index contributed by atoms with van der Waals surface area (Å²) in [6, 6.07) is 5.28. The molecule has 1 aliphatic carbocycles. The van der Waals surface area contributed by atoms with Gasteiger partial charge in [-0.05, 0) is 55.7 Å². The second-order valence-electron chi connectivity index (χ2n) is 7.51. The lowest BCUT2D eigenvalue weighted by Gasteiger charge is -2.40. The fourth-order valence-electron chi connectivity index (χ4n) is 4.31. The van der Waals surface area contributed by atoms with Crippen molar-refractivity contribution in [1.82, 2.24) is 4.90 Å². The van der Waals surface area contributed by atoms with Crippen molar-refractivity contribution in [2.24, 2.45) is 5.92 Å². The predicted octanol–water partition coefficient (Wildman–Crippen LogP) is 5.16. The third kappa shape index (κ3) is 4.32. The second-order valence-corrected chi connectivity index (χ2v) is 8.32. The van der Waals surface area contributed by atoms with E-state index in [4.69, 9.17) is 23.2 Å². The van der Waals surface area contributed by atoms with Crippen LogP contribution in [0, 0.1) is 5.92 Å². The minimum absolute atomic E-state index is 0.0545. The molecule has 138 valence electrons. The zero-order valence-corrected chi connectivity index (χ0v) is 16.2. The van der Waals surface area contributed by atoms with Crippen LogP contribution in [-0.2, 0) is 10.4 Å². The van der Waals surface area contributed by atoms with Gasteiger partial charge in [0, 0.05) is 13.1 Å². The van der Waals surface area contributed by atoms with E-state index in [0.29, 0.717) is 10.0 Å². The van der Waals surface area contributed by atoms with E-state index < -0.39 is 5.60 Å². The van der Waals surface area contributed by atoms with Crippen LogP contribution in [0.1, 0.15) is 63.4 Å². The van der Waals surface area contributed by atoms with E-state index in [0.717, 1.165) is 57.2 Å². The van der Waals surface area contributed by atoms with E-state index in [2.05, 4.69) is 0 Å². The largest absolute Gasteiger partial charge is 0.384 e. The standard InChI is InChI=1S/C20H27Cl2NO2/c21-17-10-9-16(13-18(17)22)20(25,15-7-3-1-4-8-15)14-19(24)23-11-5-2-6-12-23/h9-10,13,15,25H,1-8,11-12,14H2. The Kier molecular flexibility index (Phi) is 6.30. The number of likely N-dealkylation sites (tertiary alicyclic amines) is 1. The summed E-state index contributed by atoms with van der Waals surface area (Å²) in [7, 11) is 0. The molecule has 3 nitrogen and oxygen atoms in total. The Labute approximate surface area is 160 Å². The number of hydrogen-bond acceptors (Lipinski definition) is 2. The highest BCUT2D eigenvalue weighted by atomic mass is 35.5. The molecule has 5 heteroatoms. The molecular formula is C20H27Cl2NO2. The molecule has 1 heterocycles. The molecule has 0 aromatic heterocycles. The van der Waals surface area contributed by atoms with Crippen molar-refractivity contribution in [3.63, 3.8) is 0 Å². The normalized spacial score (nSPS) is 21.8. The number of benzene rings is 1. The Hall–Kier alpha value is -0.770. The van der Waals surface area contributed by atoms with Gasteiger partial charge in [-0.1, -0.05) is 48.5 Å². The molecule has 1 amide bonds. The average Bonchev–Trinajstić information content (AvgIpc) is 2.65. The van der Waals surface area contributed by atoms with Crippen molar-refractivity contribution in [3.8, 4) is 0 Å². The highest BCUT2D eigenvalue weighted by Crippen LogP contribution is 2.43. The maximum Gasteiger partial charge on any atom is 0.225 e. The molecule has 0 bridgehead atoms. The Morgan fingerprint density at radius 1 is 1.04 bits per heavy atom. The van der Waals surface area contributed by atoms with E-state index in [-0.39, 0.29) is 18.2 Å². The molecule has 1 aliphatic heterocycles. The van der Waals surface area contributed by atoms with Gasteiger partial charge in [-0.2, -0.15) is 0 Å². The third-order valence-electron chi connectivity index (χ3n) is 5.83. The van der Waals surface area contributed by atoms with Crippen LogP contribution in [0.5, 0.6) is 0 Å². The summed E-state index contributed by atoms with van der Waals surface area (Å²) in [5.41, 5.74) is -0.442. The lowest BCUT2D eigenvalue weighted by Crippen LogP contribution is -2.44. The Morgan fingerprint density at radius 3 is 2.32 bits per heavy atom. The maximum atomic E-state index is 12.9. The highest BCUT2D eigenvalue weighted by Gasteiger charge is 2.42. The molecule has 1 saturated carbocycles. The van der Waals surface area contributed by atoms with Gasteiger partial charge >= 0.3 is 0 Å². The number of piperidine rings is 1. The Morgan fingerprint density at radius 2 is 1.68 bits per heavy atom. The van der Waals surface area contributed by atoms with Crippen LogP contribution in [0.2, 0.25) is 10.0 Å². The summed E-state index contributed by atoms with van der Waals surface area (Å²) in [4.78, 5) is 14.8. The number of nitrogens with zero attached hydrogens (tertiary/aromatic N) is 1. The molecule has 2 fully saturated rings. The zero-order chi connectivity index (χ0) is 17.9. The molecular weight excluding hydrogens is 357 g/mol. The number of amides is 1. The molecule has 1 aromatic carbocycles. The molecule has 3 rings (SSSR count). The molecule has 0 spiro atoms. The fourth-order valence-corrected chi connectivity index (χ4v) is 4.61. The number of aliphatic hydroxyl groups is 1. The summed E-state index contributed by atoms with van der Waals surface area (Å²) in [5, 5.41) is 12.6. The molecule has 1 unspecified atom stereocenters. The lowest BCUT2D eigenvalue weighted by molar-refractivity contribution is -0.141. The van der Waals surface area contributed by atoms with Gasteiger partial charge in [-0.25, -0.2) is 0 Å². The molecule has 1 aromatic rings. The molecule has 2 aliphatic rings. The zero-order valence-electron chi connectivity index (χ0n) is 14.6. The predicted molar refractivity (Wildman–Crippen MR) is 102 cm³/mol. The Balaban J connectivity index is 1.87. The summed E-state index contributed by atoms with van der Waals surface area (Å²) in [6.45, 7) is 1.61. The van der Waals surface area contributed by atoms with Crippen LogP contribution >= 0.6 is 23.2 Å². The quantitative estimate of drug-likeness (QED) is 0.779. The summed E-state index contributed by atoms with van der Waals surface area (Å²) >= 11 is 12.3. The van der Waals surface area contributed by atoms with Gasteiger partial charge in [-0.3, -0.25) is 4.79 Å². The number of carbonyl (C=O) groups is 1. The Bertz CT molecular complexity index is 610. The van der Waals surface area contributed by atoms with Crippen LogP contribution in [0.15, 0.2) is 18.2 Å². The first-order valence-electron chi connectivity index (χ1n) is 9.46. The van der Waals surface area contributed by atoms with Gasteiger partial charge in [0.1, 0.15) is 5.60 Å². The number of rotatable bonds is 4. The van der Waals surface area contributed by atoms with Gasteiger partial charge in [0.15, 0.2) is 0 Å². The summed E-state index contributed by atoms with van der Waals surface area (Å²) < 4.78 is 0. The van der Waals surface area contributed by atoms with Crippen LogP contribution in [0.3, 0.4) is 0 Å². The summed E-state index contributed by atoms with van der Waals surface area (Å²) in [6.07, 6.45) is 8.74. The third-order valence-corrected chi connectivity index (χ3v) is 6.57. The van der Waals surface area contributed by atoms with E-state index in [9.17, 15) is 9.90 Å². The number of halogens is 2. The van der Waals surface area contributed by atoms with E-state index in [1.807, 2.05) is 11.0 Å². The molecule has 1 N–H and O–H groups in total. The minimum atomic E-state index is -1.16. The van der Waals surface area contributed by atoms with Gasteiger partial charge in [0.25, 0.3) is 0 Å². The first-order valence-corrected chi connectivity index (χ1v) is 10.2. The van der Waals surface area contributed by atoms with Crippen molar-refractivity contribution in [1.29, 1.82) is 0 Å².